The third-order valence-corrected chi connectivity index (χ3v) is 3.03. The average Bonchev–Trinajstić information content (AvgIpc) is 2.26. The third-order valence-electron chi connectivity index (χ3n) is 3.03. The number of morpholine rings is 1. The minimum atomic E-state index is 0.250. The molecule has 0 saturated carbocycles. The van der Waals surface area contributed by atoms with Crippen molar-refractivity contribution in [2.45, 2.75) is 32.9 Å². The molecule has 4 heteroatoms. The Labute approximate surface area is 96.4 Å². The molecular formula is C12H19N3O. The predicted octanol–water partition coefficient (Wildman–Crippen LogP) is 1.59. The number of hydrogen-bond acceptors (Lipinski definition) is 4. The Balaban J connectivity index is 2.24. The first-order chi connectivity index (χ1) is 7.58. The average molecular weight is 221 g/mol. The lowest BCUT2D eigenvalue weighted by Gasteiger charge is -2.37. The molecule has 0 bridgehead atoms. The maximum absolute atomic E-state index is 5.91. The molecule has 1 aromatic rings. The number of anilines is 2. The largest absolute Gasteiger partial charge is 0.398 e. The van der Waals surface area contributed by atoms with Gasteiger partial charge in [-0.05, 0) is 26.3 Å². The van der Waals surface area contributed by atoms with Crippen LogP contribution in [0.5, 0.6) is 0 Å². The Morgan fingerprint density at radius 1 is 1.50 bits per heavy atom. The second-order valence-corrected chi connectivity index (χ2v) is 4.54. The summed E-state index contributed by atoms with van der Waals surface area (Å²) < 4.78 is 5.60. The molecule has 0 aromatic carbocycles. The van der Waals surface area contributed by atoms with E-state index in [1.165, 1.54) is 0 Å². The van der Waals surface area contributed by atoms with E-state index in [2.05, 4.69) is 23.7 Å². The lowest BCUT2D eigenvalue weighted by atomic mass is 10.2. The lowest BCUT2D eigenvalue weighted by molar-refractivity contribution is 0.0340. The molecule has 1 aliphatic heterocycles. The van der Waals surface area contributed by atoms with Crippen LogP contribution >= 0.6 is 0 Å². The van der Waals surface area contributed by atoms with Crippen molar-refractivity contribution in [3.8, 4) is 0 Å². The monoisotopic (exact) mass is 221 g/mol. The van der Waals surface area contributed by atoms with Crippen LogP contribution in [0.2, 0.25) is 0 Å². The third kappa shape index (κ3) is 2.11. The zero-order chi connectivity index (χ0) is 11.7. The van der Waals surface area contributed by atoms with Gasteiger partial charge in [-0.1, -0.05) is 0 Å². The Morgan fingerprint density at radius 2 is 2.25 bits per heavy atom. The van der Waals surface area contributed by atoms with Crippen molar-refractivity contribution in [3.05, 3.63) is 17.8 Å². The molecule has 2 atom stereocenters. The molecule has 88 valence electrons. The summed E-state index contributed by atoms with van der Waals surface area (Å²) in [5.41, 5.74) is 7.74. The van der Waals surface area contributed by atoms with Crippen molar-refractivity contribution < 1.29 is 4.74 Å². The SMILES string of the molecule is Cc1cnc(N2CC(C)OCC2C)cc1N. The lowest BCUT2D eigenvalue weighted by Crippen LogP contribution is -2.47. The van der Waals surface area contributed by atoms with E-state index in [1.807, 2.05) is 19.2 Å². The topological polar surface area (TPSA) is 51.4 Å². The fraction of sp³-hybridized carbons (Fsp3) is 0.583. The van der Waals surface area contributed by atoms with Crippen molar-refractivity contribution in [3.63, 3.8) is 0 Å². The van der Waals surface area contributed by atoms with E-state index in [0.29, 0.717) is 6.04 Å². The van der Waals surface area contributed by atoms with E-state index in [9.17, 15) is 0 Å². The maximum atomic E-state index is 5.91. The van der Waals surface area contributed by atoms with Crippen molar-refractivity contribution >= 4 is 11.5 Å². The molecule has 4 nitrogen and oxygen atoms in total. The molecule has 0 spiro atoms. The quantitative estimate of drug-likeness (QED) is 0.782. The summed E-state index contributed by atoms with van der Waals surface area (Å²) in [7, 11) is 0. The molecule has 1 fully saturated rings. The number of hydrogen-bond donors (Lipinski definition) is 1. The summed E-state index contributed by atoms with van der Waals surface area (Å²) in [5, 5.41) is 0. The summed E-state index contributed by atoms with van der Waals surface area (Å²) in [5.74, 6) is 0.950. The van der Waals surface area contributed by atoms with Crippen LogP contribution in [-0.2, 0) is 4.74 Å². The van der Waals surface area contributed by atoms with Gasteiger partial charge in [0.1, 0.15) is 5.82 Å². The Hall–Kier alpha value is -1.29. The number of aryl methyl sites for hydroxylation is 1. The standard InChI is InChI=1S/C12H19N3O/c1-8-5-14-12(4-11(8)13)15-6-10(3)16-7-9(15)2/h4-5,9-10H,6-7H2,1-3H3,(H2,13,14). The number of pyridine rings is 1. The van der Waals surface area contributed by atoms with Gasteiger partial charge in [-0.2, -0.15) is 0 Å². The molecule has 1 aliphatic rings. The van der Waals surface area contributed by atoms with Crippen LogP contribution in [0.15, 0.2) is 12.3 Å². The van der Waals surface area contributed by atoms with E-state index in [-0.39, 0.29) is 6.10 Å². The van der Waals surface area contributed by atoms with Crippen molar-refractivity contribution in [1.82, 2.24) is 4.98 Å². The first-order valence-corrected chi connectivity index (χ1v) is 5.68. The summed E-state index contributed by atoms with van der Waals surface area (Å²) >= 11 is 0. The van der Waals surface area contributed by atoms with E-state index < -0.39 is 0 Å². The highest BCUT2D eigenvalue weighted by molar-refractivity contribution is 5.55. The zero-order valence-corrected chi connectivity index (χ0v) is 10.1. The number of nitrogen functional groups attached to an aromatic ring is 1. The molecule has 16 heavy (non-hydrogen) atoms. The van der Waals surface area contributed by atoms with E-state index in [4.69, 9.17) is 10.5 Å². The second-order valence-electron chi connectivity index (χ2n) is 4.54. The van der Waals surface area contributed by atoms with Crippen molar-refractivity contribution in [1.29, 1.82) is 0 Å². The van der Waals surface area contributed by atoms with Crippen molar-refractivity contribution in [2.24, 2.45) is 0 Å². The molecule has 2 heterocycles. The number of aromatic nitrogens is 1. The van der Waals surface area contributed by atoms with Gasteiger partial charge in [0, 0.05) is 24.5 Å². The normalized spacial score (nSPS) is 25.8. The van der Waals surface area contributed by atoms with Gasteiger partial charge < -0.3 is 15.4 Å². The van der Waals surface area contributed by atoms with E-state index in [0.717, 1.165) is 30.2 Å². The minimum absolute atomic E-state index is 0.250. The molecule has 2 N–H and O–H groups in total. The molecule has 2 unspecified atom stereocenters. The number of ether oxygens (including phenoxy) is 1. The van der Waals surface area contributed by atoms with Gasteiger partial charge in [0.25, 0.3) is 0 Å². The van der Waals surface area contributed by atoms with Crippen LogP contribution in [-0.4, -0.2) is 30.3 Å². The van der Waals surface area contributed by atoms with E-state index >= 15 is 0 Å². The number of rotatable bonds is 1. The predicted molar refractivity (Wildman–Crippen MR) is 65.6 cm³/mol. The smallest absolute Gasteiger partial charge is 0.130 e. The molecule has 1 saturated heterocycles. The summed E-state index contributed by atoms with van der Waals surface area (Å²) in [6.45, 7) is 7.81. The fourth-order valence-corrected chi connectivity index (χ4v) is 1.91. The van der Waals surface area contributed by atoms with Gasteiger partial charge in [0.05, 0.1) is 18.8 Å². The van der Waals surface area contributed by atoms with Crippen LogP contribution in [0.4, 0.5) is 11.5 Å². The maximum Gasteiger partial charge on any atom is 0.130 e. The molecule has 0 aliphatic carbocycles. The summed E-state index contributed by atoms with van der Waals surface area (Å²) in [6.07, 6.45) is 2.08. The van der Waals surface area contributed by atoms with Gasteiger partial charge in [-0.15, -0.1) is 0 Å². The minimum Gasteiger partial charge on any atom is -0.398 e. The van der Waals surface area contributed by atoms with Crippen LogP contribution in [0.3, 0.4) is 0 Å². The van der Waals surface area contributed by atoms with Gasteiger partial charge in [0.15, 0.2) is 0 Å². The van der Waals surface area contributed by atoms with Crippen LogP contribution < -0.4 is 10.6 Å². The van der Waals surface area contributed by atoms with Gasteiger partial charge >= 0.3 is 0 Å². The Bertz CT molecular complexity index is 381. The first kappa shape index (κ1) is 11.2. The highest BCUT2D eigenvalue weighted by Crippen LogP contribution is 2.22. The molecule has 0 radical (unpaired) electrons. The summed E-state index contributed by atoms with van der Waals surface area (Å²) in [4.78, 5) is 6.69. The van der Waals surface area contributed by atoms with E-state index in [1.54, 1.807) is 0 Å². The Morgan fingerprint density at radius 3 is 2.94 bits per heavy atom. The molecular weight excluding hydrogens is 202 g/mol. The highest BCUT2D eigenvalue weighted by Gasteiger charge is 2.24. The second kappa shape index (κ2) is 4.29. The van der Waals surface area contributed by atoms with Gasteiger partial charge in [0.2, 0.25) is 0 Å². The molecule has 0 amide bonds. The highest BCUT2D eigenvalue weighted by atomic mass is 16.5. The van der Waals surface area contributed by atoms with Crippen LogP contribution in [0, 0.1) is 6.92 Å². The number of nitrogens with two attached hydrogens (primary N) is 1. The summed E-state index contributed by atoms with van der Waals surface area (Å²) in [6, 6.07) is 2.30. The Kier molecular flexibility index (Phi) is 3.01. The molecule has 2 rings (SSSR count). The fourth-order valence-electron chi connectivity index (χ4n) is 1.91. The molecule has 1 aromatic heterocycles. The zero-order valence-electron chi connectivity index (χ0n) is 10.1. The first-order valence-electron chi connectivity index (χ1n) is 5.68. The number of nitrogens with zero attached hydrogens (tertiary/aromatic N) is 2. The van der Waals surface area contributed by atoms with Crippen molar-refractivity contribution in [2.75, 3.05) is 23.8 Å². The van der Waals surface area contributed by atoms with Crippen LogP contribution in [0.1, 0.15) is 19.4 Å². The van der Waals surface area contributed by atoms with Gasteiger partial charge in [-0.3, -0.25) is 0 Å². The van der Waals surface area contributed by atoms with Crippen LogP contribution in [0.25, 0.3) is 0 Å². The van der Waals surface area contributed by atoms with Gasteiger partial charge in [-0.25, -0.2) is 4.98 Å².